The first-order valence-electron chi connectivity index (χ1n) is 8.08. The molecule has 1 aliphatic rings. The Hall–Kier alpha value is -3.20. The summed E-state index contributed by atoms with van der Waals surface area (Å²) in [6, 6.07) is 14.0. The number of piperidine rings is 1. The lowest BCUT2D eigenvalue weighted by Crippen LogP contribution is -2.59. The number of nitriles is 1. The van der Waals surface area contributed by atoms with Crippen molar-refractivity contribution in [3.8, 4) is 11.8 Å². The lowest BCUT2D eigenvalue weighted by molar-refractivity contribution is -0.713. The van der Waals surface area contributed by atoms with Crippen LogP contribution in [0.25, 0.3) is 0 Å². The van der Waals surface area contributed by atoms with E-state index in [4.69, 9.17) is 4.74 Å². The summed E-state index contributed by atoms with van der Waals surface area (Å²) in [5.41, 5.74) is 0.750. The van der Waals surface area contributed by atoms with E-state index in [1.165, 1.54) is 0 Å². The van der Waals surface area contributed by atoms with Gasteiger partial charge in [0, 0.05) is 12.1 Å². The predicted molar refractivity (Wildman–Crippen MR) is 88.3 cm³/mol. The number of pyridine rings is 1. The highest BCUT2D eigenvalue weighted by atomic mass is 16.5. The van der Waals surface area contributed by atoms with Gasteiger partial charge in [-0.3, -0.25) is 14.9 Å². The van der Waals surface area contributed by atoms with Crippen LogP contribution < -0.4 is 14.6 Å². The molecular formula is C19H18N3O3+. The molecule has 1 saturated heterocycles. The monoisotopic (exact) mass is 336 g/mol. The summed E-state index contributed by atoms with van der Waals surface area (Å²) in [5, 5.41) is 11.8. The van der Waals surface area contributed by atoms with E-state index in [1.54, 1.807) is 41.2 Å². The van der Waals surface area contributed by atoms with Gasteiger partial charge in [0.05, 0.1) is 18.6 Å². The van der Waals surface area contributed by atoms with Crippen LogP contribution in [0.2, 0.25) is 0 Å². The molecule has 1 aromatic heterocycles. The van der Waals surface area contributed by atoms with Crippen LogP contribution in [0.15, 0.2) is 54.9 Å². The average Bonchev–Trinajstić information content (AvgIpc) is 2.63. The normalized spacial score (nSPS) is 22.8. The lowest BCUT2D eigenvalue weighted by Gasteiger charge is -2.30. The number of amides is 2. The topological polar surface area (TPSA) is 83.1 Å². The minimum atomic E-state index is -0.951. The Morgan fingerprint density at radius 2 is 1.80 bits per heavy atom. The molecule has 3 atom stereocenters. The van der Waals surface area contributed by atoms with Crippen LogP contribution in [0.5, 0.6) is 5.75 Å². The molecule has 0 spiro atoms. The fraction of sp³-hybridized carbons (Fsp3) is 0.263. The second-order valence-corrected chi connectivity index (χ2v) is 5.76. The fourth-order valence-corrected chi connectivity index (χ4v) is 3.17. The molecule has 1 aliphatic heterocycles. The Bertz CT molecular complexity index is 812. The molecule has 126 valence electrons. The molecule has 1 aromatic carbocycles. The molecule has 1 fully saturated rings. The Kier molecular flexibility index (Phi) is 4.75. The van der Waals surface area contributed by atoms with E-state index in [2.05, 4.69) is 11.4 Å². The van der Waals surface area contributed by atoms with Crippen molar-refractivity contribution in [1.29, 1.82) is 5.26 Å². The quantitative estimate of drug-likeness (QED) is 0.677. The van der Waals surface area contributed by atoms with Gasteiger partial charge in [-0.2, -0.15) is 9.83 Å². The van der Waals surface area contributed by atoms with E-state index >= 15 is 0 Å². The van der Waals surface area contributed by atoms with Crippen LogP contribution in [-0.2, 0) is 9.59 Å². The van der Waals surface area contributed by atoms with Gasteiger partial charge in [0.15, 0.2) is 12.4 Å². The molecule has 0 radical (unpaired) electrons. The molecule has 0 unspecified atom stereocenters. The molecule has 2 heterocycles. The van der Waals surface area contributed by atoms with Crippen LogP contribution in [0.1, 0.15) is 24.4 Å². The highest BCUT2D eigenvalue weighted by Crippen LogP contribution is 2.36. The average molecular weight is 336 g/mol. The maximum atomic E-state index is 12.5. The van der Waals surface area contributed by atoms with Crippen molar-refractivity contribution in [3.05, 3.63) is 60.4 Å². The zero-order chi connectivity index (χ0) is 17.8. The minimum absolute atomic E-state index is 0.411. The summed E-state index contributed by atoms with van der Waals surface area (Å²) >= 11 is 0. The molecule has 6 nitrogen and oxygen atoms in total. The molecular weight excluding hydrogens is 318 g/mol. The fourth-order valence-electron chi connectivity index (χ4n) is 3.17. The van der Waals surface area contributed by atoms with Crippen molar-refractivity contribution < 1.29 is 18.9 Å². The van der Waals surface area contributed by atoms with Crippen LogP contribution >= 0.6 is 0 Å². The molecule has 25 heavy (non-hydrogen) atoms. The standard InChI is InChI=1S/C19H17N3O3/c1-2-25-14-8-6-13(7-9-14)16-15(12-20)18(23)21-19(24)17(16)22-10-4-3-5-11-22/h3-11,15-17H,2H2,1H3/p+1/t15-,16+,17-/m1/s1. The van der Waals surface area contributed by atoms with Crippen molar-refractivity contribution in [2.45, 2.75) is 18.9 Å². The second kappa shape index (κ2) is 7.14. The molecule has 0 saturated carbocycles. The predicted octanol–water partition coefficient (Wildman–Crippen LogP) is 1.49. The van der Waals surface area contributed by atoms with Crippen molar-refractivity contribution in [1.82, 2.24) is 5.32 Å². The first kappa shape index (κ1) is 16.7. The summed E-state index contributed by atoms with van der Waals surface area (Å²) in [4.78, 5) is 24.7. The van der Waals surface area contributed by atoms with Crippen LogP contribution in [0, 0.1) is 17.2 Å². The third kappa shape index (κ3) is 3.22. The number of hydrogen-bond acceptors (Lipinski definition) is 4. The Morgan fingerprint density at radius 1 is 1.12 bits per heavy atom. The number of rotatable bonds is 4. The SMILES string of the molecule is CCOc1ccc([C@H]2[C@@H](C#N)C(=O)NC(=O)[C@@H]2[n+]2ccccc2)cc1. The van der Waals surface area contributed by atoms with E-state index in [9.17, 15) is 14.9 Å². The number of hydrogen-bond donors (Lipinski definition) is 1. The molecule has 3 rings (SSSR count). The molecule has 2 amide bonds. The van der Waals surface area contributed by atoms with Gasteiger partial charge in [-0.1, -0.05) is 18.2 Å². The highest BCUT2D eigenvalue weighted by molar-refractivity contribution is 6.02. The van der Waals surface area contributed by atoms with E-state index in [0.717, 1.165) is 5.56 Å². The summed E-state index contributed by atoms with van der Waals surface area (Å²) in [5.74, 6) is -1.79. The first-order valence-corrected chi connectivity index (χ1v) is 8.08. The summed E-state index contributed by atoms with van der Waals surface area (Å²) in [6.07, 6.45) is 3.52. The smallest absolute Gasteiger partial charge is 0.296 e. The van der Waals surface area contributed by atoms with E-state index < -0.39 is 29.7 Å². The summed E-state index contributed by atoms with van der Waals surface area (Å²) in [6.45, 7) is 2.44. The van der Waals surface area contributed by atoms with E-state index in [-0.39, 0.29) is 0 Å². The third-order valence-corrected chi connectivity index (χ3v) is 4.27. The van der Waals surface area contributed by atoms with Crippen molar-refractivity contribution in [2.24, 2.45) is 5.92 Å². The Morgan fingerprint density at radius 3 is 2.40 bits per heavy atom. The van der Waals surface area contributed by atoms with Crippen molar-refractivity contribution in [3.63, 3.8) is 0 Å². The number of carbonyl (C=O) groups is 2. The number of aromatic nitrogens is 1. The van der Waals surface area contributed by atoms with Gasteiger partial charge in [-0.25, -0.2) is 0 Å². The van der Waals surface area contributed by atoms with Gasteiger partial charge in [0.25, 0.3) is 5.91 Å². The maximum absolute atomic E-state index is 12.5. The highest BCUT2D eigenvalue weighted by Gasteiger charge is 2.50. The summed E-state index contributed by atoms with van der Waals surface area (Å²) in [7, 11) is 0. The maximum Gasteiger partial charge on any atom is 0.296 e. The van der Waals surface area contributed by atoms with Gasteiger partial charge in [-0.15, -0.1) is 0 Å². The molecule has 1 N–H and O–H groups in total. The zero-order valence-electron chi connectivity index (χ0n) is 13.8. The van der Waals surface area contributed by atoms with Gasteiger partial charge in [0.2, 0.25) is 11.9 Å². The van der Waals surface area contributed by atoms with Crippen LogP contribution in [0.4, 0.5) is 0 Å². The third-order valence-electron chi connectivity index (χ3n) is 4.27. The molecule has 0 aliphatic carbocycles. The number of nitrogens with one attached hydrogen (secondary N) is 1. The first-order chi connectivity index (χ1) is 12.2. The number of benzene rings is 1. The molecule has 0 bridgehead atoms. The van der Waals surface area contributed by atoms with Gasteiger partial charge in [-0.05, 0) is 24.6 Å². The number of nitrogens with zero attached hydrogens (tertiary/aromatic N) is 2. The molecule has 6 heteroatoms. The number of ether oxygens (including phenoxy) is 1. The minimum Gasteiger partial charge on any atom is -0.494 e. The summed E-state index contributed by atoms with van der Waals surface area (Å²) < 4.78 is 7.17. The second-order valence-electron chi connectivity index (χ2n) is 5.76. The largest absolute Gasteiger partial charge is 0.494 e. The van der Waals surface area contributed by atoms with Crippen LogP contribution in [-0.4, -0.2) is 18.4 Å². The number of carbonyl (C=O) groups excluding carboxylic acids is 2. The molecule has 2 aromatic rings. The lowest BCUT2D eigenvalue weighted by atomic mass is 9.77. The van der Waals surface area contributed by atoms with Gasteiger partial charge in [0.1, 0.15) is 11.7 Å². The van der Waals surface area contributed by atoms with Crippen molar-refractivity contribution in [2.75, 3.05) is 6.61 Å². The van der Waals surface area contributed by atoms with Crippen molar-refractivity contribution >= 4 is 11.8 Å². The Balaban J connectivity index is 2.06. The Labute approximate surface area is 145 Å². The van der Waals surface area contributed by atoms with Gasteiger partial charge >= 0.3 is 0 Å². The van der Waals surface area contributed by atoms with Gasteiger partial charge < -0.3 is 4.74 Å². The van der Waals surface area contributed by atoms with Crippen LogP contribution in [0.3, 0.4) is 0 Å². The van der Waals surface area contributed by atoms with E-state index in [0.29, 0.717) is 12.4 Å². The van der Waals surface area contributed by atoms with E-state index in [1.807, 2.05) is 25.1 Å². The number of imide groups is 1. The zero-order valence-corrected chi connectivity index (χ0v) is 13.8.